The van der Waals surface area contributed by atoms with Crippen LogP contribution in [0.3, 0.4) is 0 Å². The van der Waals surface area contributed by atoms with Crippen LogP contribution >= 0.6 is 11.6 Å². The van der Waals surface area contributed by atoms with Crippen molar-refractivity contribution >= 4 is 34.9 Å². The number of anilines is 2. The molecule has 0 bridgehead atoms. The summed E-state index contributed by atoms with van der Waals surface area (Å²) < 4.78 is 1.32. The summed E-state index contributed by atoms with van der Waals surface area (Å²) in [6.45, 7) is 7.26. The number of carbonyl (C=O) groups excluding carboxylic acids is 2. The van der Waals surface area contributed by atoms with Crippen LogP contribution in [0.2, 0.25) is 5.02 Å². The molecule has 0 spiro atoms. The number of rotatable bonds is 8. The minimum Gasteiger partial charge on any atom is -0.383 e. The Balaban J connectivity index is 1.92. The summed E-state index contributed by atoms with van der Waals surface area (Å²) in [5, 5.41) is 0.542. The summed E-state index contributed by atoms with van der Waals surface area (Å²) in [6.07, 6.45) is 2.80. The molecule has 1 aromatic heterocycles. The molecule has 0 saturated carbocycles. The highest BCUT2D eigenvalue weighted by atomic mass is 35.5. The molecule has 1 fully saturated rings. The molecule has 10 heteroatoms. The van der Waals surface area contributed by atoms with Crippen LogP contribution in [-0.4, -0.2) is 45.9 Å². The second-order valence-electron chi connectivity index (χ2n) is 9.44. The minimum atomic E-state index is -0.681. The molecule has 3 rings (SSSR count). The van der Waals surface area contributed by atoms with Crippen molar-refractivity contribution in [2.24, 2.45) is 11.8 Å². The van der Waals surface area contributed by atoms with Gasteiger partial charge in [-0.15, -0.1) is 0 Å². The van der Waals surface area contributed by atoms with E-state index in [4.69, 9.17) is 17.3 Å². The number of likely N-dealkylation sites (tertiary alicyclic amines) is 1. The van der Waals surface area contributed by atoms with Crippen molar-refractivity contribution in [3.05, 3.63) is 55.7 Å². The monoisotopic (exact) mass is 503 g/mol. The molecule has 0 radical (unpaired) electrons. The summed E-state index contributed by atoms with van der Waals surface area (Å²) in [7, 11) is 0. The van der Waals surface area contributed by atoms with E-state index in [9.17, 15) is 19.2 Å². The Kier molecular flexibility index (Phi) is 8.77. The van der Waals surface area contributed by atoms with E-state index >= 15 is 0 Å². The summed E-state index contributed by atoms with van der Waals surface area (Å²) in [6, 6.07) is 6.66. The highest BCUT2D eigenvalue weighted by Gasteiger charge is 2.34. The maximum atomic E-state index is 13.8. The number of nitrogen functional groups attached to an aromatic ring is 1. The maximum absolute atomic E-state index is 13.8. The minimum absolute atomic E-state index is 0.000513. The molecule has 2 heterocycles. The van der Waals surface area contributed by atoms with Gasteiger partial charge < -0.3 is 15.5 Å². The average Bonchev–Trinajstić information content (AvgIpc) is 2.82. The predicted molar refractivity (Wildman–Crippen MR) is 138 cm³/mol. The molecule has 1 saturated heterocycles. The molecule has 1 aromatic carbocycles. The average molecular weight is 504 g/mol. The fourth-order valence-electron chi connectivity index (χ4n) is 4.39. The van der Waals surface area contributed by atoms with Crippen LogP contribution in [0.4, 0.5) is 11.5 Å². The van der Waals surface area contributed by atoms with E-state index in [1.54, 1.807) is 29.2 Å². The molecule has 1 atom stereocenters. The molecular weight excluding hydrogens is 470 g/mol. The first kappa shape index (κ1) is 26.5. The quantitative estimate of drug-likeness (QED) is 0.573. The van der Waals surface area contributed by atoms with E-state index in [-0.39, 0.29) is 42.3 Å². The van der Waals surface area contributed by atoms with Crippen molar-refractivity contribution in [3.63, 3.8) is 0 Å². The van der Waals surface area contributed by atoms with Crippen molar-refractivity contribution in [1.82, 2.24) is 14.5 Å². The van der Waals surface area contributed by atoms with Gasteiger partial charge in [-0.25, -0.2) is 4.79 Å². The van der Waals surface area contributed by atoms with Gasteiger partial charge in [0.15, 0.2) is 5.69 Å². The zero-order chi connectivity index (χ0) is 25.7. The van der Waals surface area contributed by atoms with E-state index in [2.05, 4.69) is 4.98 Å². The molecule has 2 amide bonds. The lowest BCUT2D eigenvalue weighted by Crippen LogP contribution is -2.49. The highest BCUT2D eigenvalue weighted by molar-refractivity contribution is 6.30. The number of hydrogen-bond donors (Lipinski definition) is 2. The van der Waals surface area contributed by atoms with Crippen LogP contribution in [0.25, 0.3) is 0 Å². The summed E-state index contributed by atoms with van der Waals surface area (Å²) in [5.74, 6) is -0.894. The third-order valence-electron chi connectivity index (χ3n) is 6.18. The number of nitrogens with one attached hydrogen (secondary N) is 1. The van der Waals surface area contributed by atoms with Crippen molar-refractivity contribution in [3.8, 4) is 0 Å². The van der Waals surface area contributed by atoms with Gasteiger partial charge >= 0.3 is 5.69 Å². The molecule has 2 aromatic rings. The third-order valence-corrected chi connectivity index (χ3v) is 6.43. The lowest BCUT2D eigenvalue weighted by molar-refractivity contribution is -0.123. The molecular formula is C25H34ClN5O4. The van der Waals surface area contributed by atoms with Gasteiger partial charge in [0.1, 0.15) is 5.82 Å². The van der Waals surface area contributed by atoms with Crippen LogP contribution in [-0.2, 0) is 11.3 Å². The van der Waals surface area contributed by atoms with Crippen LogP contribution in [0, 0.1) is 11.8 Å². The van der Waals surface area contributed by atoms with Crippen LogP contribution in [0.5, 0.6) is 0 Å². The number of aromatic amines is 1. The van der Waals surface area contributed by atoms with E-state index in [0.29, 0.717) is 42.9 Å². The normalized spacial score (nSPS) is 15.9. The molecule has 1 aliphatic heterocycles. The number of H-pyrrole nitrogens is 1. The molecule has 0 unspecified atom stereocenters. The van der Waals surface area contributed by atoms with E-state index in [1.807, 2.05) is 20.8 Å². The molecule has 3 N–H and O–H groups in total. The number of nitrogens with zero attached hydrogens (tertiary/aromatic N) is 3. The molecule has 35 heavy (non-hydrogen) atoms. The predicted octanol–water partition coefficient (Wildman–Crippen LogP) is 3.11. The number of unbranched alkanes of at least 4 members (excludes halogenated alkanes) is 1. The van der Waals surface area contributed by atoms with Crippen molar-refractivity contribution in [1.29, 1.82) is 0 Å². The zero-order valence-electron chi connectivity index (χ0n) is 20.6. The van der Waals surface area contributed by atoms with Gasteiger partial charge in [-0.05, 0) is 49.4 Å². The van der Waals surface area contributed by atoms with Crippen molar-refractivity contribution < 1.29 is 9.59 Å². The second kappa shape index (κ2) is 11.6. The smallest absolute Gasteiger partial charge is 0.330 e. The number of halogens is 1. The zero-order valence-corrected chi connectivity index (χ0v) is 21.3. The number of piperidine rings is 1. The van der Waals surface area contributed by atoms with Gasteiger partial charge in [-0.3, -0.25) is 23.9 Å². The van der Waals surface area contributed by atoms with Crippen molar-refractivity contribution in [2.45, 2.75) is 53.0 Å². The molecule has 9 nitrogen and oxygen atoms in total. The number of benzene rings is 1. The Labute approximate surface area is 209 Å². The van der Waals surface area contributed by atoms with Gasteiger partial charge in [-0.2, -0.15) is 0 Å². The fourth-order valence-corrected chi connectivity index (χ4v) is 4.52. The highest BCUT2D eigenvalue weighted by Crippen LogP contribution is 2.26. The Bertz CT molecular complexity index is 1170. The largest absolute Gasteiger partial charge is 0.383 e. The summed E-state index contributed by atoms with van der Waals surface area (Å²) in [4.78, 5) is 57.4. The first-order chi connectivity index (χ1) is 16.6. The Hall–Kier alpha value is -3.07. The lowest BCUT2D eigenvalue weighted by Gasteiger charge is -2.35. The first-order valence-corrected chi connectivity index (χ1v) is 12.5. The number of nitrogens with two attached hydrogens (primary N) is 1. The first-order valence-electron chi connectivity index (χ1n) is 12.1. The van der Waals surface area contributed by atoms with E-state index < -0.39 is 17.2 Å². The number of amides is 2. The number of carbonyl (C=O) groups is 2. The Morgan fingerprint density at radius 1 is 1.23 bits per heavy atom. The van der Waals surface area contributed by atoms with Gasteiger partial charge in [0.2, 0.25) is 5.91 Å². The topological polar surface area (TPSA) is 121 Å². The van der Waals surface area contributed by atoms with Crippen LogP contribution in [0.15, 0.2) is 33.9 Å². The van der Waals surface area contributed by atoms with Gasteiger partial charge in [0, 0.05) is 36.8 Å². The number of hydrogen-bond acceptors (Lipinski definition) is 5. The number of aromatic nitrogens is 2. The Morgan fingerprint density at radius 3 is 2.54 bits per heavy atom. The standard InChI is InChI=1S/C25H34ClN5O4/c1-4-5-13-30-21(27)20(22(32)28-25(30)35)31(14-16(2)3)24(34)18-7-6-12-29(15-18)23(33)17-8-10-19(26)11-9-17/h8-11,16,18H,4-7,12-15,27H2,1-3H3,(H,28,32,35)/t18-/m1/s1. The molecule has 190 valence electrons. The summed E-state index contributed by atoms with van der Waals surface area (Å²) >= 11 is 5.94. The van der Waals surface area contributed by atoms with E-state index in [0.717, 1.165) is 6.42 Å². The van der Waals surface area contributed by atoms with Crippen molar-refractivity contribution in [2.75, 3.05) is 30.3 Å². The van der Waals surface area contributed by atoms with E-state index in [1.165, 1.54) is 9.47 Å². The van der Waals surface area contributed by atoms with Crippen LogP contribution in [0.1, 0.15) is 56.8 Å². The maximum Gasteiger partial charge on any atom is 0.330 e. The Morgan fingerprint density at radius 2 is 1.91 bits per heavy atom. The molecule has 1 aliphatic rings. The SMILES string of the molecule is CCCCn1c(N)c(N(CC(C)C)C(=O)[C@@H]2CCCN(C(=O)c3ccc(Cl)cc3)C2)c(=O)[nH]c1=O. The van der Waals surface area contributed by atoms with Gasteiger partial charge in [0.25, 0.3) is 11.5 Å². The molecule has 0 aliphatic carbocycles. The third kappa shape index (κ3) is 6.14. The van der Waals surface area contributed by atoms with Gasteiger partial charge in [-0.1, -0.05) is 38.8 Å². The second-order valence-corrected chi connectivity index (χ2v) is 9.87. The summed E-state index contributed by atoms with van der Waals surface area (Å²) in [5.41, 5.74) is 5.55. The van der Waals surface area contributed by atoms with Crippen LogP contribution < -0.4 is 21.9 Å². The van der Waals surface area contributed by atoms with Gasteiger partial charge in [0.05, 0.1) is 5.92 Å². The fraction of sp³-hybridized carbons (Fsp3) is 0.520. The lowest BCUT2D eigenvalue weighted by atomic mass is 9.95.